The maximum atomic E-state index is 12.0. The number of amides is 1. The van der Waals surface area contributed by atoms with Gasteiger partial charge in [0.1, 0.15) is 0 Å². The third-order valence-corrected chi connectivity index (χ3v) is 3.44. The predicted molar refractivity (Wildman–Crippen MR) is 82.8 cm³/mol. The Morgan fingerprint density at radius 3 is 2.91 bits per heavy atom. The minimum Gasteiger partial charge on any atom is -0.480 e. The molecule has 1 amide bonds. The smallest absolute Gasteiger partial charge is 0.266 e. The Kier molecular flexibility index (Phi) is 4.65. The number of benzene rings is 1. The van der Waals surface area contributed by atoms with E-state index in [2.05, 4.69) is 4.98 Å². The van der Waals surface area contributed by atoms with Crippen LogP contribution in [0.1, 0.15) is 12.0 Å². The van der Waals surface area contributed by atoms with E-state index in [9.17, 15) is 4.79 Å². The molecule has 5 nitrogen and oxygen atoms in total. The zero-order valence-electron chi connectivity index (χ0n) is 12.3. The van der Waals surface area contributed by atoms with Gasteiger partial charge in [-0.25, -0.2) is 4.98 Å². The molecular weight excluding hydrogens is 280 g/mol. The molecule has 1 aromatic heterocycles. The fourth-order valence-corrected chi connectivity index (χ4v) is 2.35. The molecule has 0 atom stereocenters. The highest BCUT2D eigenvalue weighted by atomic mass is 16.5. The fraction of sp³-hybridized carbons (Fsp3) is 0.294. The van der Waals surface area contributed by atoms with Crippen molar-refractivity contribution < 1.29 is 14.3 Å². The van der Waals surface area contributed by atoms with Crippen molar-refractivity contribution in [1.82, 2.24) is 4.98 Å². The Hall–Kier alpha value is -2.40. The zero-order valence-corrected chi connectivity index (χ0v) is 12.3. The SMILES string of the molecule is O=C1COc2cccnc2N1CCCOCc1ccccc1. The molecule has 2 heterocycles. The number of pyridine rings is 1. The van der Waals surface area contributed by atoms with Gasteiger partial charge in [0.15, 0.2) is 18.2 Å². The molecular formula is C17H18N2O3. The van der Waals surface area contributed by atoms with Crippen molar-refractivity contribution in [1.29, 1.82) is 0 Å². The summed E-state index contributed by atoms with van der Waals surface area (Å²) < 4.78 is 11.0. The molecule has 0 bridgehead atoms. The molecule has 0 spiro atoms. The first kappa shape index (κ1) is 14.5. The van der Waals surface area contributed by atoms with Crippen LogP contribution in [0.4, 0.5) is 5.82 Å². The molecule has 0 N–H and O–H groups in total. The van der Waals surface area contributed by atoms with Crippen LogP contribution in [0.5, 0.6) is 5.75 Å². The molecule has 0 aliphatic carbocycles. The van der Waals surface area contributed by atoms with Crippen LogP contribution < -0.4 is 9.64 Å². The largest absolute Gasteiger partial charge is 0.480 e. The van der Waals surface area contributed by atoms with Gasteiger partial charge in [-0.2, -0.15) is 0 Å². The van der Waals surface area contributed by atoms with Crippen molar-refractivity contribution in [3.8, 4) is 5.75 Å². The number of rotatable bonds is 6. The van der Waals surface area contributed by atoms with Crippen molar-refractivity contribution >= 4 is 11.7 Å². The summed E-state index contributed by atoms with van der Waals surface area (Å²) in [4.78, 5) is 17.9. The maximum absolute atomic E-state index is 12.0. The van der Waals surface area contributed by atoms with Crippen molar-refractivity contribution in [3.05, 3.63) is 54.2 Å². The number of ether oxygens (including phenoxy) is 2. The predicted octanol–water partition coefficient (Wildman–Crippen LogP) is 2.41. The normalized spacial score (nSPS) is 13.6. The number of fused-ring (bicyclic) bond motifs is 1. The third-order valence-electron chi connectivity index (χ3n) is 3.44. The molecule has 3 rings (SSSR count). The van der Waals surface area contributed by atoms with Gasteiger partial charge in [0.25, 0.3) is 5.91 Å². The Morgan fingerprint density at radius 2 is 2.05 bits per heavy atom. The Labute approximate surface area is 129 Å². The molecule has 22 heavy (non-hydrogen) atoms. The number of carbonyl (C=O) groups excluding carboxylic acids is 1. The summed E-state index contributed by atoms with van der Waals surface area (Å²) in [6.45, 7) is 1.85. The Bertz CT molecular complexity index is 631. The molecule has 2 aromatic rings. The van der Waals surface area contributed by atoms with Gasteiger partial charge in [0, 0.05) is 19.3 Å². The summed E-state index contributed by atoms with van der Waals surface area (Å²) in [6.07, 6.45) is 2.42. The lowest BCUT2D eigenvalue weighted by atomic mass is 10.2. The van der Waals surface area contributed by atoms with Gasteiger partial charge >= 0.3 is 0 Å². The average molecular weight is 298 g/mol. The average Bonchev–Trinajstić information content (AvgIpc) is 2.57. The molecule has 114 valence electrons. The second-order valence-corrected chi connectivity index (χ2v) is 5.05. The van der Waals surface area contributed by atoms with Crippen LogP contribution in [0, 0.1) is 0 Å². The van der Waals surface area contributed by atoms with E-state index < -0.39 is 0 Å². The van der Waals surface area contributed by atoms with Crippen molar-refractivity contribution in [3.63, 3.8) is 0 Å². The van der Waals surface area contributed by atoms with Crippen LogP contribution in [0.15, 0.2) is 48.7 Å². The van der Waals surface area contributed by atoms with E-state index in [1.807, 2.05) is 36.4 Å². The summed E-state index contributed by atoms with van der Waals surface area (Å²) in [7, 11) is 0. The van der Waals surface area contributed by atoms with Crippen LogP contribution in [0.3, 0.4) is 0 Å². The van der Waals surface area contributed by atoms with E-state index >= 15 is 0 Å². The van der Waals surface area contributed by atoms with Crippen molar-refractivity contribution in [2.75, 3.05) is 24.7 Å². The van der Waals surface area contributed by atoms with Crippen LogP contribution in [-0.4, -0.2) is 30.6 Å². The number of aromatic nitrogens is 1. The van der Waals surface area contributed by atoms with Gasteiger partial charge in [0.05, 0.1) is 6.61 Å². The molecule has 0 saturated carbocycles. The summed E-state index contributed by atoms with van der Waals surface area (Å²) in [5.74, 6) is 1.20. The molecule has 0 saturated heterocycles. The second kappa shape index (κ2) is 7.04. The van der Waals surface area contributed by atoms with E-state index in [-0.39, 0.29) is 12.5 Å². The summed E-state index contributed by atoms with van der Waals surface area (Å²) in [6, 6.07) is 13.7. The quantitative estimate of drug-likeness (QED) is 0.769. The first-order valence-electron chi connectivity index (χ1n) is 7.34. The van der Waals surface area contributed by atoms with Gasteiger partial charge in [-0.15, -0.1) is 0 Å². The summed E-state index contributed by atoms with van der Waals surface area (Å²) in [5, 5.41) is 0. The van der Waals surface area contributed by atoms with E-state index in [0.29, 0.717) is 31.3 Å². The zero-order chi connectivity index (χ0) is 15.2. The first-order chi connectivity index (χ1) is 10.8. The first-order valence-corrected chi connectivity index (χ1v) is 7.34. The highest BCUT2D eigenvalue weighted by molar-refractivity contribution is 5.96. The highest BCUT2D eigenvalue weighted by Crippen LogP contribution is 2.28. The molecule has 0 unspecified atom stereocenters. The number of nitrogens with zero attached hydrogens (tertiary/aromatic N) is 2. The molecule has 5 heteroatoms. The van der Waals surface area contributed by atoms with Gasteiger partial charge in [-0.05, 0) is 24.1 Å². The van der Waals surface area contributed by atoms with Crippen LogP contribution in [-0.2, 0) is 16.1 Å². The lowest BCUT2D eigenvalue weighted by Gasteiger charge is -2.27. The topological polar surface area (TPSA) is 51.7 Å². The third kappa shape index (κ3) is 3.43. The maximum Gasteiger partial charge on any atom is 0.266 e. The Balaban J connectivity index is 1.48. The monoisotopic (exact) mass is 298 g/mol. The standard InChI is InChI=1S/C17H18N2O3/c20-16-13-22-15-8-4-9-18-17(15)19(16)10-5-11-21-12-14-6-2-1-3-7-14/h1-4,6-9H,5,10-13H2. The Morgan fingerprint density at radius 1 is 1.18 bits per heavy atom. The molecule has 1 aliphatic heterocycles. The van der Waals surface area contributed by atoms with E-state index in [0.717, 1.165) is 12.0 Å². The van der Waals surface area contributed by atoms with Crippen molar-refractivity contribution in [2.24, 2.45) is 0 Å². The van der Waals surface area contributed by atoms with Gasteiger partial charge in [0.2, 0.25) is 0 Å². The molecule has 1 aliphatic rings. The fourth-order valence-electron chi connectivity index (χ4n) is 2.35. The van der Waals surface area contributed by atoms with E-state index in [4.69, 9.17) is 9.47 Å². The van der Waals surface area contributed by atoms with Crippen LogP contribution >= 0.6 is 0 Å². The van der Waals surface area contributed by atoms with E-state index in [1.54, 1.807) is 17.2 Å². The van der Waals surface area contributed by atoms with E-state index in [1.165, 1.54) is 0 Å². The van der Waals surface area contributed by atoms with Crippen molar-refractivity contribution in [2.45, 2.75) is 13.0 Å². The highest BCUT2D eigenvalue weighted by Gasteiger charge is 2.25. The van der Waals surface area contributed by atoms with Gasteiger partial charge in [-0.1, -0.05) is 30.3 Å². The minimum absolute atomic E-state index is 0.0609. The van der Waals surface area contributed by atoms with Gasteiger partial charge < -0.3 is 9.47 Å². The molecule has 0 radical (unpaired) electrons. The number of carbonyl (C=O) groups is 1. The second-order valence-electron chi connectivity index (χ2n) is 5.05. The summed E-state index contributed by atoms with van der Waals surface area (Å²) >= 11 is 0. The number of hydrogen-bond acceptors (Lipinski definition) is 4. The minimum atomic E-state index is -0.0609. The molecule has 1 aromatic carbocycles. The van der Waals surface area contributed by atoms with Gasteiger partial charge in [-0.3, -0.25) is 9.69 Å². The number of hydrogen-bond donors (Lipinski definition) is 0. The van der Waals surface area contributed by atoms with Crippen LogP contribution in [0.25, 0.3) is 0 Å². The number of anilines is 1. The lowest BCUT2D eigenvalue weighted by Crippen LogP contribution is -2.40. The van der Waals surface area contributed by atoms with Crippen LogP contribution in [0.2, 0.25) is 0 Å². The molecule has 0 fully saturated rings. The lowest BCUT2D eigenvalue weighted by molar-refractivity contribution is -0.121. The summed E-state index contributed by atoms with van der Waals surface area (Å²) in [5.41, 5.74) is 1.15.